The lowest BCUT2D eigenvalue weighted by molar-refractivity contribution is -0.123. The Morgan fingerprint density at radius 2 is 1.43 bits per heavy atom. The van der Waals surface area contributed by atoms with E-state index in [4.69, 9.17) is 0 Å². The summed E-state index contributed by atoms with van der Waals surface area (Å²) in [4.78, 5) is 44.3. The molecule has 0 aliphatic carbocycles. The molecule has 2 aliphatic heterocycles. The number of hydrogen-bond acceptors (Lipinski definition) is 3. The van der Waals surface area contributed by atoms with Gasteiger partial charge in [-0.3, -0.25) is 19.3 Å². The molecule has 5 rings (SSSR count). The summed E-state index contributed by atoms with van der Waals surface area (Å²) in [6.07, 6.45) is 2.32. The van der Waals surface area contributed by atoms with Crippen LogP contribution in [0, 0.1) is 6.92 Å². The average molecular weight is 465 g/mol. The normalized spacial score (nSPS) is 17.1. The van der Waals surface area contributed by atoms with E-state index >= 15 is 0 Å². The summed E-state index contributed by atoms with van der Waals surface area (Å²) in [5.41, 5.74) is 4.90. The molecule has 3 aromatic carbocycles. The molecule has 0 radical (unpaired) electrons. The zero-order valence-electron chi connectivity index (χ0n) is 20.4. The van der Waals surface area contributed by atoms with Crippen LogP contribution in [0.15, 0.2) is 78.9 Å². The highest BCUT2D eigenvalue weighted by atomic mass is 16.2. The molecule has 3 aromatic rings. The number of nitrogens with zero attached hydrogens (tertiary/aromatic N) is 2. The second-order valence-electron chi connectivity index (χ2n) is 9.91. The minimum Gasteiger partial charge on any atom is -0.301 e. The predicted molar refractivity (Wildman–Crippen MR) is 137 cm³/mol. The number of aryl methyl sites for hydroxylation is 1. The zero-order valence-corrected chi connectivity index (χ0v) is 20.4. The maximum absolute atomic E-state index is 14.5. The smallest absolute Gasteiger partial charge is 0.262 e. The fraction of sp³-hybridized carbons (Fsp3) is 0.233. The molecule has 35 heavy (non-hydrogen) atoms. The Hall–Kier alpha value is -3.99. The summed E-state index contributed by atoms with van der Waals surface area (Å²) in [5, 5.41) is 0. The Balaban J connectivity index is 1.63. The number of fused-ring (bicyclic) bond motifs is 2. The first-order chi connectivity index (χ1) is 16.7. The van der Waals surface area contributed by atoms with Crippen LogP contribution in [0.3, 0.4) is 0 Å². The van der Waals surface area contributed by atoms with E-state index in [-0.39, 0.29) is 12.3 Å². The number of carbonyl (C=O) groups is 3. The van der Waals surface area contributed by atoms with Crippen LogP contribution in [0.2, 0.25) is 0 Å². The van der Waals surface area contributed by atoms with E-state index in [2.05, 4.69) is 12.1 Å². The second-order valence-corrected chi connectivity index (χ2v) is 9.91. The van der Waals surface area contributed by atoms with Crippen LogP contribution in [-0.2, 0) is 11.2 Å². The number of anilines is 1. The Bertz CT molecular complexity index is 1350. The van der Waals surface area contributed by atoms with Gasteiger partial charge in [-0.2, -0.15) is 0 Å². The fourth-order valence-electron chi connectivity index (χ4n) is 5.31. The first-order valence-corrected chi connectivity index (χ1v) is 11.8. The molecule has 0 saturated heterocycles. The van der Waals surface area contributed by atoms with Gasteiger partial charge in [0.2, 0.25) is 0 Å². The van der Waals surface area contributed by atoms with Gasteiger partial charge in [0.05, 0.1) is 22.4 Å². The summed E-state index contributed by atoms with van der Waals surface area (Å²) in [7, 11) is 0. The van der Waals surface area contributed by atoms with Crippen molar-refractivity contribution >= 4 is 29.0 Å². The Morgan fingerprint density at radius 3 is 2.06 bits per heavy atom. The summed E-state index contributed by atoms with van der Waals surface area (Å²) >= 11 is 0. The minimum absolute atomic E-state index is 0.238. The van der Waals surface area contributed by atoms with Crippen molar-refractivity contribution in [1.29, 1.82) is 0 Å². The largest absolute Gasteiger partial charge is 0.301 e. The van der Waals surface area contributed by atoms with E-state index in [1.54, 1.807) is 29.2 Å². The summed E-state index contributed by atoms with van der Waals surface area (Å²) < 4.78 is 0. The molecule has 0 N–H and O–H groups in total. The van der Waals surface area contributed by atoms with Gasteiger partial charge >= 0.3 is 0 Å². The van der Waals surface area contributed by atoms with Crippen molar-refractivity contribution in [1.82, 2.24) is 4.90 Å². The lowest BCUT2D eigenvalue weighted by atomic mass is 9.87. The molecule has 2 aliphatic rings. The van der Waals surface area contributed by atoms with Crippen LogP contribution in [0.4, 0.5) is 5.69 Å². The van der Waals surface area contributed by atoms with Gasteiger partial charge in [0.25, 0.3) is 17.7 Å². The van der Waals surface area contributed by atoms with Crippen LogP contribution < -0.4 is 4.90 Å². The highest BCUT2D eigenvalue weighted by molar-refractivity contribution is 6.23. The van der Waals surface area contributed by atoms with Crippen molar-refractivity contribution in [2.24, 2.45) is 0 Å². The Kier molecular flexibility index (Phi) is 5.43. The van der Waals surface area contributed by atoms with Crippen molar-refractivity contribution in [2.75, 3.05) is 4.90 Å². The number of allylic oxidation sites excluding steroid dienone is 1. The van der Waals surface area contributed by atoms with E-state index in [0.717, 1.165) is 32.9 Å². The first kappa shape index (κ1) is 22.8. The van der Waals surface area contributed by atoms with E-state index in [0.29, 0.717) is 11.1 Å². The number of hydrogen-bond donors (Lipinski definition) is 0. The molecule has 2 heterocycles. The molecular weight excluding hydrogens is 436 g/mol. The van der Waals surface area contributed by atoms with Crippen molar-refractivity contribution in [3.63, 3.8) is 0 Å². The molecule has 0 saturated carbocycles. The summed E-state index contributed by atoms with van der Waals surface area (Å²) in [5.74, 6) is -1.13. The molecule has 0 spiro atoms. The van der Waals surface area contributed by atoms with Crippen molar-refractivity contribution in [3.8, 4) is 0 Å². The molecule has 0 fully saturated rings. The number of imide groups is 1. The zero-order chi connectivity index (χ0) is 24.9. The van der Waals surface area contributed by atoms with Crippen molar-refractivity contribution in [2.45, 2.75) is 45.7 Å². The van der Waals surface area contributed by atoms with E-state index < -0.39 is 23.4 Å². The molecule has 0 bridgehead atoms. The quantitative estimate of drug-likeness (QED) is 0.484. The first-order valence-electron chi connectivity index (χ1n) is 11.8. The van der Waals surface area contributed by atoms with E-state index in [1.807, 2.05) is 70.2 Å². The molecule has 5 nitrogen and oxygen atoms in total. The Labute approximate surface area is 205 Å². The second kappa shape index (κ2) is 8.35. The minimum atomic E-state index is -0.981. The van der Waals surface area contributed by atoms with Crippen LogP contribution >= 0.6 is 0 Å². The van der Waals surface area contributed by atoms with Gasteiger partial charge in [0, 0.05) is 12.0 Å². The van der Waals surface area contributed by atoms with Crippen LogP contribution in [0.1, 0.15) is 58.2 Å². The van der Waals surface area contributed by atoms with Crippen LogP contribution in [0.25, 0.3) is 5.57 Å². The van der Waals surface area contributed by atoms with Crippen molar-refractivity contribution in [3.05, 3.63) is 107 Å². The van der Waals surface area contributed by atoms with Gasteiger partial charge in [-0.15, -0.1) is 0 Å². The third-order valence-corrected chi connectivity index (χ3v) is 6.88. The number of amides is 3. The van der Waals surface area contributed by atoms with Gasteiger partial charge in [0.1, 0.15) is 6.04 Å². The third kappa shape index (κ3) is 3.77. The number of carbonyl (C=O) groups excluding carboxylic acids is 3. The summed E-state index contributed by atoms with van der Waals surface area (Å²) in [6, 6.07) is 21.3. The SMILES string of the molecule is CC1=CC(C)(C)N(C(=O)[C@H](Cc2ccccc2)N2C(=O)c3ccccc3C2=O)c2ccc(C)cc21. The summed E-state index contributed by atoms with van der Waals surface area (Å²) in [6.45, 7) is 8.04. The van der Waals surface area contributed by atoms with Gasteiger partial charge in [-0.1, -0.05) is 60.2 Å². The maximum atomic E-state index is 14.5. The van der Waals surface area contributed by atoms with Crippen molar-refractivity contribution < 1.29 is 14.4 Å². The molecule has 0 aromatic heterocycles. The molecule has 5 heteroatoms. The molecule has 1 atom stereocenters. The lowest BCUT2D eigenvalue weighted by Gasteiger charge is -2.44. The molecular formula is C30H28N2O3. The van der Waals surface area contributed by atoms with Gasteiger partial charge in [-0.25, -0.2) is 0 Å². The average Bonchev–Trinajstić information content (AvgIpc) is 3.08. The number of benzene rings is 3. The fourth-order valence-corrected chi connectivity index (χ4v) is 5.31. The maximum Gasteiger partial charge on any atom is 0.262 e. The predicted octanol–water partition coefficient (Wildman–Crippen LogP) is 5.43. The Morgan fingerprint density at radius 1 is 0.829 bits per heavy atom. The van der Waals surface area contributed by atoms with E-state index in [1.165, 1.54) is 0 Å². The van der Waals surface area contributed by atoms with Crippen LogP contribution in [-0.4, -0.2) is 34.2 Å². The van der Waals surface area contributed by atoms with Gasteiger partial charge in [-0.05, 0) is 63.1 Å². The van der Waals surface area contributed by atoms with E-state index in [9.17, 15) is 14.4 Å². The van der Waals surface area contributed by atoms with Gasteiger partial charge in [0.15, 0.2) is 0 Å². The topological polar surface area (TPSA) is 57.7 Å². The molecule has 0 unspecified atom stereocenters. The monoisotopic (exact) mass is 464 g/mol. The lowest BCUT2D eigenvalue weighted by Crippen LogP contribution is -2.58. The molecule has 176 valence electrons. The van der Waals surface area contributed by atoms with Gasteiger partial charge < -0.3 is 4.90 Å². The highest BCUT2D eigenvalue weighted by Crippen LogP contribution is 2.40. The number of rotatable bonds is 4. The highest BCUT2D eigenvalue weighted by Gasteiger charge is 2.47. The van der Waals surface area contributed by atoms with Crippen LogP contribution in [0.5, 0.6) is 0 Å². The third-order valence-electron chi connectivity index (χ3n) is 6.88. The standard InChI is InChI=1S/C30H28N2O3/c1-19-14-15-25-24(16-19)20(2)18-30(3,4)32(25)29(35)26(17-21-10-6-5-7-11-21)31-27(33)22-12-8-9-13-23(22)28(31)34/h5-16,18,26H,17H2,1-4H3/t26-/m0/s1. The molecule has 3 amide bonds.